The maximum Gasteiger partial charge on any atom is 0.416 e. The van der Waals surface area contributed by atoms with E-state index in [1.165, 1.54) is 16.4 Å². The van der Waals surface area contributed by atoms with Crippen molar-refractivity contribution in [2.45, 2.75) is 12.6 Å². The summed E-state index contributed by atoms with van der Waals surface area (Å²) < 4.78 is 63.8. The van der Waals surface area contributed by atoms with Gasteiger partial charge in [-0.05, 0) is 24.1 Å². The Hall–Kier alpha value is -0.730. The van der Waals surface area contributed by atoms with Gasteiger partial charge in [-0.3, -0.25) is 4.99 Å². The molecule has 1 aliphatic rings. The first-order chi connectivity index (χ1) is 13.2. The molecule has 1 heterocycles. The van der Waals surface area contributed by atoms with Gasteiger partial charge in [0.05, 0.1) is 11.3 Å². The lowest BCUT2D eigenvalue weighted by atomic mass is 10.1. The predicted molar refractivity (Wildman–Crippen MR) is 123 cm³/mol. The minimum Gasteiger partial charge on any atom is -0.356 e. The highest BCUT2D eigenvalue weighted by atomic mass is 127. The normalized spacial score (nSPS) is 16.2. The Morgan fingerprint density at radius 2 is 1.72 bits per heavy atom. The smallest absolute Gasteiger partial charge is 0.356 e. The van der Waals surface area contributed by atoms with Crippen LogP contribution in [0.1, 0.15) is 11.1 Å². The minimum atomic E-state index is -4.34. The number of aliphatic imine (C=N–C) groups is 1. The zero-order valence-corrected chi connectivity index (χ0v) is 20.0. The molecule has 0 amide bonds. The van der Waals surface area contributed by atoms with Gasteiger partial charge in [-0.1, -0.05) is 12.1 Å². The summed E-state index contributed by atoms with van der Waals surface area (Å²) in [4.78, 5) is 4.03. The second-order valence-corrected chi connectivity index (χ2v) is 9.51. The van der Waals surface area contributed by atoms with E-state index < -0.39 is 21.8 Å². The number of rotatable bonds is 7. The molecule has 2 rings (SSSR count). The Morgan fingerprint density at radius 3 is 2.28 bits per heavy atom. The first-order valence-corrected chi connectivity index (χ1v) is 11.6. The fourth-order valence-electron chi connectivity index (χ4n) is 2.66. The topological polar surface area (TPSA) is 73.8 Å². The number of sulfonamides is 1. The van der Waals surface area contributed by atoms with Crippen molar-refractivity contribution in [2.24, 2.45) is 4.99 Å². The summed E-state index contributed by atoms with van der Waals surface area (Å²) in [5.74, 6) is 2.08. The molecule has 1 fully saturated rings. The van der Waals surface area contributed by atoms with Crippen molar-refractivity contribution < 1.29 is 21.6 Å². The summed E-state index contributed by atoms with van der Waals surface area (Å²) in [6.45, 7) is 1.78. The molecule has 0 saturated carbocycles. The number of thioether (sulfide) groups is 1. The lowest BCUT2D eigenvalue weighted by Gasteiger charge is -2.25. The third-order valence-corrected chi connectivity index (χ3v) is 7.04. The molecule has 1 aromatic rings. The van der Waals surface area contributed by atoms with Crippen LogP contribution in [0.2, 0.25) is 0 Å². The number of hydrogen-bond donors (Lipinski definition) is 2. The molecule has 166 valence electrons. The molecule has 0 radical (unpaired) electrons. The van der Waals surface area contributed by atoms with Gasteiger partial charge < -0.3 is 10.6 Å². The predicted octanol–water partition coefficient (Wildman–Crippen LogP) is 2.41. The van der Waals surface area contributed by atoms with Crippen molar-refractivity contribution in [3.05, 3.63) is 35.4 Å². The maximum atomic E-state index is 12.6. The third kappa shape index (κ3) is 8.89. The molecule has 6 nitrogen and oxygen atoms in total. The van der Waals surface area contributed by atoms with E-state index in [0.717, 1.165) is 29.2 Å². The Balaban J connectivity index is 0.00000420. The van der Waals surface area contributed by atoms with Crippen LogP contribution in [0.5, 0.6) is 0 Å². The zero-order valence-electron chi connectivity index (χ0n) is 16.0. The van der Waals surface area contributed by atoms with Crippen molar-refractivity contribution in [3.8, 4) is 0 Å². The van der Waals surface area contributed by atoms with E-state index >= 15 is 0 Å². The molecular weight excluding hydrogens is 540 g/mol. The van der Waals surface area contributed by atoms with Crippen LogP contribution in [0.4, 0.5) is 13.2 Å². The molecule has 2 N–H and O–H groups in total. The van der Waals surface area contributed by atoms with Crippen molar-refractivity contribution >= 4 is 51.7 Å². The quantitative estimate of drug-likeness (QED) is 0.302. The number of alkyl halides is 3. The monoisotopic (exact) mass is 566 g/mol. The van der Waals surface area contributed by atoms with Gasteiger partial charge in [-0.2, -0.15) is 24.9 Å². The van der Waals surface area contributed by atoms with E-state index in [1.807, 2.05) is 0 Å². The third-order valence-electron chi connectivity index (χ3n) is 4.23. The van der Waals surface area contributed by atoms with Gasteiger partial charge >= 0.3 is 6.18 Å². The van der Waals surface area contributed by atoms with E-state index in [9.17, 15) is 21.6 Å². The first kappa shape index (κ1) is 26.3. The van der Waals surface area contributed by atoms with Crippen LogP contribution in [0.15, 0.2) is 29.3 Å². The van der Waals surface area contributed by atoms with Gasteiger partial charge in [0, 0.05) is 44.7 Å². The largest absolute Gasteiger partial charge is 0.416 e. The molecule has 0 bridgehead atoms. The van der Waals surface area contributed by atoms with Gasteiger partial charge in [-0.25, -0.2) is 12.7 Å². The molecule has 1 aliphatic heterocycles. The van der Waals surface area contributed by atoms with E-state index in [2.05, 4.69) is 15.6 Å². The van der Waals surface area contributed by atoms with Gasteiger partial charge in [0.1, 0.15) is 0 Å². The van der Waals surface area contributed by atoms with Gasteiger partial charge in [-0.15, -0.1) is 24.0 Å². The minimum absolute atomic E-state index is 0. The van der Waals surface area contributed by atoms with Crippen LogP contribution in [0.3, 0.4) is 0 Å². The standard InChI is InChI=1S/C17H25F3N4O2S2.HI/c1-21-16(23-8-13-28(25,26)24-9-11-27-12-10-24)22-7-6-14-2-4-15(5-3-14)17(18,19)20;/h2-5H,6-13H2,1H3,(H2,21,22,23);1H. The first-order valence-electron chi connectivity index (χ1n) is 8.88. The van der Waals surface area contributed by atoms with Gasteiger partial charge in [0.25, 0.3) is 0 Å². The Bertz CT molecular complexity index is 753. The van der Waals surface area contributed by atoms with Gasteiger partial charge in [0.15, 0.2) is 5.96 Å². The van der Waals surface area contributed by atoms with Crippen molar-refractivity contribution in [3.63, 3.8) is 0 Å². The summed E-state index contributed by atoms with van der Waals surface area (Å²) in [5, 5.41) is 5.99. The summed E-state index contributed by atoms with van der Waals surface area (Å²) in [6.07, 6.45) is -3.82. The van der Waals surface area contributed by atoms with Crippen LogP contribution in [0.25, 0.3) is 0 Å². The van der Waals surface area contributed by atoms with Crippen LogP contribution in [0, 0.1) is 0 Å². The molecule has 1 saturated heterocycles. The van der Waals surface area contributed by atoms with E-state index in [1.54, 1.807) is 18.8 Å². The second-order valence-electron chi connectivity index (χ2n) is 6.20. The van der Waals surface area contributed by atoms with Crippen molar-refractivity contribution in [1.82, 2.24) is 14.9 Å². The summed E-state index contributed by atoms with van der Waals surface area (Å²) in [7, 11) is -1.71. The lowest BCUT2D eigenvalue weighted by molar-refractivity contribution is -0.137. The Morgan fingerprint density at radius 1 is 1.14 bits per heavy atom. The number of halogens is 4. The highest BCUT2D eigenvalue weighted by Gasteiger charge is 2.29. The summed E-state index contributed by atoms with van der Waals surface area (Å²) >= 11 is 1.75. The maximum absolute atomic E-state index is 12.6. The number of hydrogen-bond acceptors (Lipinski definition) is 4. The van der Waals surface area contributed by atoms with E-state index in [0.29, 0.717) is 32.0 Å². The fraction of sp³-hybridized carbons (Fsp3) is 0.588. The molecule has 0 atom stereocenters. The van der Waals surface area contributed by atoms with Crippen LogP contribution in [-0.4, -0.2) is 69.2 Å². The second kappa shape index (κ2) is 12.2. The average Bonchev–Trinajstić information content (AvgIpc) is 2.67. The molecule has 0 aromatic heterocycles. The number of guanidine groups is 1. The van der Waals surface area contributed by atoms with E-state index in [4.69, 9.17) is 0 Å². The molecule has 0 spiro atoms. The zero-order chi connectivity index (χ0) is 20.6. The van der Waals surface area contributed by atoms with E-state index in [-0.39, 0.29) is 36.3 Å². The molecule has 1 aromatic carbocycles. The SMILES string of the molecule is CN=C(NCCc1ccc(C(F)(F)F)cc1)NCCS(=O)(=O)N1CCSCC1.I. The molecule has 0 aliphatic carbocycles. The number of benzene rings is 1. The molecular formula is C17H26F3IN4O2S2. The van der Waals surface area contributed by atoms with Crippen LogP contribution in [-0.2, 0) is 22.6 Å². The van der Waals surface area contributed by atoms with Gasteiger partial charge in [0.2, 0.25) is 10.0 Å². The Kier molecular flexibility index (Phi) is 11.1. The highest BCUT2D eigenvalue weighted by molar-refractivity contribution is 14.0. The highest BCUT2D eigenvalue weighted by Crippen LogP contribution is 2.29. The number of nitrogens with one attached hydrogen (secondary N) is 2. The molecule has 29 heavy (non-hydrogen) atoms. The average molecular weight is 566 g/mol. The van der Waals surface area contributed by atoms with Crippen molar-refractivity contribution in [2.75, 3.05) is 50.5 Å². The van der Waals surface area contributed by atoms with Crippen LogP contribution >= 0.6 is 35.7 Å². The number of nitrogens with zero attached hydrogens (tertiary/aromatic N) is 2. The molecule has 12 heteroatoms. The molecule has 0 unspecified atom stereocenters. The fourth-order valence-corrected chi connectivity index (χ4v) is 5.15. The Labute approximate surface area is 191 Å². The summed E-state index contributed by atoms with van der Waals surface area (Å²) in [6, 6.07) is 5.02. The van der Waals surface area contributed by atoms with Crippen LogP contribution < -0.4 is 10.6 Å². The lowest BCUT2D eigenvalue weighted by Crippen LogP contribution is -2.44. The summed E-state index contributed by atoms with van der Waals surface area (Å²) in [5.41, 5.74) is 0.0942. The van der Waals surface area contributed by atoms with Crippen molar-refractivity contribution in [1.29, 1.82) is 0 Å².